The van der Waals surface area contributed by atoms with Crippen LogP contribution in [0.4, 0.5) is 5.82 Å². The molecule has 7 heteroatoms. The summed E-state index contributed by atoms with van der Waals surface area (Å²) < 4.78 is 0. The van der Waals surface area contributed by atoms with Crippen LogP contribution in [0.3, 0.4) is 0 Å². The lowest BCUT2D eigenvalue weighted by Crippen LogP contribution is -2.15. The fraction of sp³-hybridized carbons (Fsp3) is 0.286. The first kappa shape index (κ1) is 14.4. The van der Waals surface area contributed by atoms with Crippen molar-refractivity contribution in [2.45, 2.75) is 35.5 Å². The second-order valence-corrected chi connectivity index (χ2v) is 6.44. The molecule has 0 spiro atoms. The van der Waals surface area contributed by atoms with Gasteiger partial charge in [0.25, 0.3) is 5.56 Å². The van der Waals surface area contributed by atoms with E-state index in [9.17, 15) is 4.79 Å². The molecule has 110 valence electrons. The van der Waals surface area contributed by atoms with E-state index < -0.39 is 0 Å². The quantitative estimate of drug-likeness (QED) is 0.736. The minimum atomic E-state index is -0.272. The van der Waals surface area contributed by atoms with E-state index in [1.807, 2.05) is 18.2 Å². The van der Waals surface area contributed by atoms with E-state index in [0.29, 0.717) is 16.2 Å². The largest absolute Gasteiger partial charge is 0.383 e. The lowest BCUT2D eigenvalue weighted by Gasteiger charge is -2.07. The van der Waals surface area contributed by atoms with Crippen molar-refractivity contribution in [2.24, 2.45) is 0 Å². The van der Waals surface area contributed by atoms with Crippen molar-refractivity contribution in [3.63, 3.8) is 0 Å². The molecule has 5 nitrogen and oxygen atoms in total. The molecule has 0 saturated heterocycles. The van der Waals surface area contributed by atoms with Gasteiger partial charge in [0.1, 0.15) is 5.82 Å². The summed E-state index contributed by atoms with van der Waals surface area (Å²) in [7, 11) is 0. The van der Waals surface area contributed by atoms with Gasteiger partial charge in [0.15, 0.2) is 5.16 Å². The van der Waals surface area contributed by atoms with Gasteiger partial charge in [-0.25, -0.2) is 4.98 Å². The van der Waals surface area contributed by atoms with E-state index in [1.165, 1.54) is 30.7 Å². The van der Waals surface area contributed by atoms with Crippen molar-refractivity contribution >= 4 is 29.2 Å². The van der Waals surface area contributed by atoms with Crippen molar-refractivity contribution in [1.82, 2.24) is 15.3 Å². The van der Waals surface area contributed by atoms with E-state index in [0.717, 1.165) is 17.0 Å². The Morgan fingerprint density at radius 1 is 1.43 bits per heavy atom. The van der Waals surface area contributed by atoms with Crippen LogP contribution in [-0.2, 0) is 6.54 Å². The molecule has 0 unspecified atom stereocenters. The minimum absolute atomic E-state index is 0.197. The first-order chi connectivity index (χ1) is 10.1. The number of hydrogen-bond acceptors (Lipinski definition) is 5. The highest BCUT2D eigenvalue weighted by Crippen LogP contribution is 2.32. The van der Waals surface area contributed by atoms with Gasteiger partial charge >= 0.3 is 0 Å². The number of nitrogen functional groups attached to an aromatic ring is 1. The number of rotatable bonds is 5. The number of H-pyrrole nitrogens is 1. The Labute approximate surface area is 131 Å². The highest BCUT2D eigenvalue weighted by molar-refractivity contribution is 7.99. The lowest BCUT2D eigenvalue weighted by atomic mass is 10.2. The molecule has 1 saturated carbocycles. The number of nitrogens with zero attached hydrogens (tertiary/aromatic N) is 1. The van der Waals surface area contributed by atoms with E-state index in [-0.39, 0.29) is 11.4 Å². The average Bonchev–Trinajstić information content (AvgIpc) is 3.22. The van der Waals surface area contributed by atoms with E-state index >= 15 is 0 Å². The number of aromatic nitrogens is 2. The monoisotopic (exact) mass is 322 g/mol. The average molecular weight is 323 g/mol. The van der Waals surface area contributed by atoms with Crippen LogP contribution in [0, 0.1) is 0 Å². The molecule has 2 aromatic rings. The standard InChI is InChI=1S/C14H15ClN4OS/c15-10-5-8(7-17-9-2-3-9)1-4-11(10)21-14-18-12(16)6-13(20)19-14/h1,4-6,9,17H,2-3,7H2,(H3,16,18,19,20). The summed E-state index contributed by atoms with van der Waals surface area (Å²) in [6, 6.07) is 7.80. The molecule has 4 N–H and O–H groups in total. The Balaban J connectivity index is 1.73. The smallest absolute Gasteiger partial charge is 0.253 e. The van der Waals surface area contributed by atoms with E-state index in [1.54, 1.807) is 0 Å². The number of hydrogen-bond donors (Lipinski definition) is 3. The second-order valence-electron chi connectivity index (χ2n) is 5.00. The number of benzene rings is 1. The third-order valence-corrected chi connectivity index (χ3v) is 4.50. The number of nitrogens with two attached hydrogens (primary N) is 1. The summed E-state index contributed by atoms with van der Waals surface area (Å²) in [6.07, 6.45) is 2.52. The van der Waals surface area contributed by atoms with Gasteiger partial charge in [-0.05, 0) is 30.5 Å². The molecule has 1 aliphatic carbocycles. The third-order valence-electron chi connectivity index (χ3n) is 3.11. The third kappa shape index (κ3) is 4.00. The predicted octanol–water partition coefficient (Wildman–Crippen LogP) is 2.41. The van der Waals surface area contributed by atoms with Gasteiger partial charge in [-0.1, -0.05) is 29.4 Å². The molecule has 1 heterocycles. The molecule has 21 heavy (non-hydrogen) atoms. The fourth-order valence-electron chi connectivity index (χ4n) is 1.89. The summed E-state index contributed by atoms with van der Waals surface area (Å²) >= 11 is 7.58. The maximum Gasteiger partial charge on any atom is 0.253 e. The Kier molecular flexibility index (Phi) is 4.19. The van der Waals surface area contributed by atoms with Crippen LogP contribution in [0.25, 0.3) is 0 Å². The van der Waals surface area contributed by atoms with Gasteiger partial charge in [-0.2, -0.15) is 0 Å². The topological polar surface area (TPSA) is 83.8 Å². The molecule has 0 bridgehead atoms. The minimum Gasteiger partial charge on any atom is -0.383 e. The van der Waals surface area contributed by atoms with Crippen LogP contribution in [0.15, 0.2) is 39.1 Å². The summed E-state index contributed by atoms with van der Waals surface area (Å²) in [5.74, 6) is 0.197. The van der Waals surface area contributed by atoms with Crippen molar-refractivity contribution in [1.29, 1.82) is 0 Å². The van der Waals surface area contributed by atoms with Crippen LogP contribution >= 0.6 is 23.4 Å². The van der Waals surface area contributed by atoms with Crippen LogP contribution in [-0.4, -0.2) is 16.0 Å². The molecule has 0 aliphatic heterocycles. The fourth-order valence-corrected chi connectivity index (χ4v) is 3.01. The van der Waals surface area contributed by atoms with Gasteiger partial charge < -0.3 is 16.0 Å². The Hall–Kier alpha value is -1.50. The van der Waals surface area contributed by atoms with Crippen molar-refractivity contribution in [3.8, 4) is 0 Å². The van der Waals surface area contributed by atoms with Gasteiger partial charge in [0.2, 0.25) is 0 Å². The zero-order valence-corrected chi connectivity index (χ0v) is 12.8. The highest BCUT2D eigenvalue weighted by atomic mass is 35.5. The summed E-state index contributed by atoms with van der Waals surface area (Å²) in [5, 5.41) is 4.52. The molecule has 0 amide bonds. The zero-order valence-electron chi connectivity index (χ0n) is 11.2. The first-order valence-electron chi connectivity index (χ1n) is 6.66. The van der Waals surface area contributed by atoms with Crippen molar-refractivity contribution in [2.75, 3.05) is 5.73 Å². The molecule has 1 aromatic heterocycles. The molecular weight excluding hydrogens is 308 g/mol. The molecule has 1 aromatic carbocycles. The molecule has 1 fully saturated rings. The number of anilines is 1. The zero-order chi connectivity index (χ0) is 14.8. The van der Waals surface area contributed by atoms with Gasteiger partial charge in [-0.3, -0.25) is 4.79 Å². The normalized spacial score (nSPS) is 14.3. The van der Waals surface area contributed by atoms with Crippen LogP contribution in [0.5, 0.6) is 0 Å². The van der Waals surface area contributed by atoms with Crippen molar-refractivity contribution in [3.05, 3.63) is 45.2 Å². The Morgan fingerprint density at radius 2 is 2.24 bits per heavy atom. The predicted molar refractivity (Wildman–Crippen MR) is 84.7 cm³/mol. The number of aromatic amines is 1. The maximum absolute atomic E-state index is 11.4. The molecular formula is C14H15ClN4OS. The van der Waals surface area contributed by atoms with Crippen LogP contribution < -0.4 is 16.6 Å². The van der Waals surface area contributed by atoms with Crippen LogP contribution in [0.2, 0.25) is 5.02 Å². The Morgan fingerprint density at radius 3 is 2.90 bits per heavy atom. The van der Waals surface area contributed by atoms with Gasteiger partial charge in [-0.15, -0.1) is 0 Å². The molecule has 0 radical (unpaired) electrons. The second kappa shape index (κ2) is 6.09. The molecule has 1 aliphatic rings. The molecule has 0 atom stereocenters. The van der Waals surface area contributed by atoms with Crippen LogP contribution in [0.1, 0.15) is 18.4 Å². The lowest BCUT2D eigenvalue weighted by molar-refractivity contribution is 0.687. The number of halogens is 1. The van der Waals surface area contributed by atoms with Gasteiger partial charge in [0, 0.05) is 23.5 Å². The number of nitrogens with one attached hydrogen (secondary N) is 2. The summed E-state index contributed by atoms with van der Waals surface area (Å²) in [6.45, 7) is 0.822. The Bertz CT molecular complexity index is 714. The van der Waals surface area contributed by atoms with Crippen molar-refractivity contribution < 1.29 is 0 Å². The summed E-state index contributed by atoms with van der Waals surface area (Å²) in [4.78, 5) is 18.9. The summed E-state index contributed by atoms with van der Waals surface area (Å²) in [5.41, 5.74) is 6.44. The van der Waals surface area contributed by atoms with E-state index in [4.69, 9.17) is 17.3 Å². The maximum atomic E-state index is 11.4. The molecule has 3 rings (SSSR count). The highest BCUT2D eigenvalue weighted by Gasteiger charge is 2.20. The van der Waals surface area contributed by atoms with E-state index in [2.05, 4.69) is 15.3 Å². The first-order valence-corrected chi connectivity index (χ1v) is 7.86. The van der Waals surface area contributed by atoms with Gasteiger partial charge in [0.05, 0.1) is 5.02 Å². The SMILES string of the molecule is Nc1cc(=O)[nH]c(Sc2ccc(CNC3CC3)cc2Cl)n1.